The molecule has 10 heteroatoms. The molecule has 192 valence electrons. The van der Waals surface area contributed by atoms with E-state index in [1.165, 1.54) is 0 Å². The first-order valence-electron chi connectivity index (χ1n) is 11.9. The maximum atomic E-state index is 13.3. The average molecular weight is 498 g/mol. The predicted molar refractivity (Wildman–Crippen MR) is 132 cm³/mol. The van der Waals surface area contributed by atoms with E-state index in [1.54, 1.807) is 37.3 Å². The molecule has 34 heavy (non-hydrogen) atoms. The molecule has 9 nitrogen and oxygen atoms in total. The average Bonchev–Trinajstić information content (AvgIpc) is 2.79. The minimum atomic E-state index is -3.46. The number of anilines is 1. The van der Waals surface area contributed by atoms with Gasteiger partial charge in [-0.2, -0.15) is 0 Å². The second-order valence-corrected chi connectivity index (χ2v) is 11.4. The van der Waals surface area contributed by atoms with Gasteiger partial charge in [0.25, 0.3) is 5.91 Å². The number of carbonyl (C=O) groups is 1. The van der Waals surface area contributed by atoms with Gasteiger partial charge in [-0.3, -0.25) is 14.4 Å². The molecule has 0 bridgehead atoms. The lowest BCUT2D eigenvalue weighted by atomic mass is 9.96. The van der Waals surface area contributed by atoms with Gasteiger partial charge in [0.1, 0.15) is 12.4 Å². The standard InChI is InChI=1S/C24H39N3O6S/c1-17-13-27(14-19-8-10-32-11-9-19)18(2)16-33-22-12-20(25-34(5,29)30)6-7-21(22)24(28)26(3)15-23(17)31-4/h6-7,12,17-19,23,25H,8-11,13-16H2,1-5H3/t17-,18+,23-/m1/s1. The van der Waals surface area contributed by atoms with E-state index >= 15 is 0 Å². The largest absolute Gasteiger partial charge is 0.491 e. The minimum absolute atomic E-state index is 0.0921. The molecule has 1 aromatic carbocycles. The van der Waals surface area contributed by atoms with Gasteiger partial charge in [0, 0.05) is 59.1 Å². The number of nitrogens with one attached hydrogen (secondary N) is 1. The third-order valence-electron chi connectivity index (χ3n) is 6.71. The van der Waals surface area contributed by atoms with E-state index < -0.39 is 10.0 Å². The summed E-state index contributed by atoms with van der Waals surface area (Å²) < 4.78 is 43.4. The molecule has 1 N–H and O–H groups in total. The Morgan fingerprint density at radius 3 is 2.53 bits per heavy atom. The van der Waals surface area contributed by atoms with Crippen LogP contribution in [0.15, 0.2) is 18.2 Å². The molecule has 0 saturated carbocycles. The summed E-state index contributed by atoms with van der Waals surface area (Å²) in [6, 6.07) is 4.87. The van der Waals surface area contributed by atoms with Crippen molar-refractivity contribution in [2.75, 3.05) is 64.6 Å². The van der Waals surface area contributed by atoms with Crippen molar-refractivity contribution >= 4 is 21.6 Å². The lowest BCUT2D eigenvalue weighted by Crippen LogP contribution is -2.48. The SMILES string of the molecule is CO[C@@H]1CN(C)C(=O)c2ccc(NS(C)(=O)=O)cc2OC[C@H](C)N(CC2CCOCC2)C[C@H]1C. The van der Waals surface area contributed by atoms with Crippen LogP contribution in [0, 0.1) is 11.8 Å². The number of rotatable bonds is 5. The number of nitrogens with zero attached hydrogens (tertiary/aromatic N) is 2. The molecule has 1 amide bonds. The highest BCUT2D eigenvalue weighted by atomic mass is 32.2. The Morgan fingerprint density at radius 2 is 1.88 bits per heavy atom. The normalized spacial score (nSPS) is 26.2. The zero-order chi connectivity index (χ0) is 24.9. The molecule has 1 fully saturated rings. The number of sulfonamides is 1. The molecule has 1 aromatic rings. The van der Waals surface area contributed by atoms with Crippen LogP contribution >= 0.6 is 0 Å². The van der Waals surface area contributed by atoms with Crippen LogP contribution in [0.25, 0.3) is 0 Å². The molecule has 2 heterocycles. The monoisotopic (exact) mass is 497 g/mol. The zero-order valence-electron chi connectivity index (χ0n) is 21.0. The van der Waals surface area contributed by atoms with Gasteiger partial charge in [-0.15, -0.1) is 0 Å². The van der Waals surface area contributed by atoms with E-state index in [-0.39, 0.29) is 24.0 Å². The van der Waals surface area contributed by atoms with Crippen LogP contribution in [0.5, 0.6) is 5.75 Å². The van der Waals surface area contributed by atoms with Gasteiger partial charge in [-0.05, 0) is 43.7 Å². The number of fused-ring (bicyclic) bond motifs is 1. The molecule has 0 unspecified atom stereocenters. The summed E-state index contributed by atoms with van der Waals surface area (Å²) in [4.78, 5) is 17.4. The number of methoxy groups -OCH3 is 1. The molecule has 1 saturated heterocycles. The second kappa shape index (κ2) is 11.7. The molecule has 3 atom stereocenters. The summed E-state index contributed by atoms with van der Waals surface area (Å²) in [5.41, 5.74) is 0.756. The Kier molecular flexibility index (Phi) is 9.20. The van der Waals surface area contributed by atoms with Gasteiger partial charge in [-0.1, -0.05) is 6.92 Å². The van der Waals surface area contributed by atoms with E-state index in [0.717, 1.165) is 45.4 Å². The summed E-state index contributed by atoms with van der Waals surface area (Å²) in [5.74, 6) is 0.954. The predicted octanol–water partition coefficient (Wildman–Crippen LogP) is 2.29. The van der Waals surface area contributed by atoms with E-state index in [4.69, 9.17) is 14.2 Å². The van der Waals surface area contributed by atoms with Crippen LogP contribution in [0.2, 0.25) is 0 Å². The van der Waals surface area contributed by atoms with E-state index in [1.807, 2.05) is 0 Å². The Balaban J connectivity index is 1.91. The Labute approximate surface area is 203 Å². The Hall–Kier alpha value is -1.88. The number of hydrogen-bond donors (Lipinski definition) is 1. The van der Waals surface area contributed by atoms with Gasteiger partial charge in [0.15, 0.2) is 0 Å². The van der Waals surface area contributed by atoms with E-state index in [0.29, 0.717) is 36.1 Å². The van der Waals surface area contributed by atoms with Crippen LogP contribution in [0.1, 0.15) is 37.0 Å². The summed E-state index contributed by atoms with van der Waals surface area (Å²) >= 11 is 0. The van der Waals surface area contributed by atoms with E-state index in [9.17, 15) is 13.2 Å². The Bertz CT molecular complexity index is 935. The summed E-state index contributed by atoms with van der Waals surface area (Å²) in [6.07, 6.45) is 3.07. The number of ether oxygens (including phenoxy) is 3. The van der Waals surface area contributed by atoms with Crippen LogP contribution in [-0.2, 0) is 19.5 Å². The molecule has 2 aliphatic heterocycles. The van der Waals surface area contributed by atoms with Gasteiger partial charge >= 0.3 is 0 Å². The first-order valence-corrected chi connectivity index (χ1v) is 13.8. The molecular weight excluding hydrogens is 458 g/mol. The highest BCUT2D eigenvalue weighted by Crippen LogP contribution is 2.28. The van der Waals surface area contributed by atoms with Crippen molar-refractivity contribution < 1.29 is 27.4 Å². The molecule has 0 radical (unpaired) electrons. The van der Waals surface area contributed by atoms with Gasteiger partial charge < -0.3 is 19.1 Å². The van der Waals surface area contributed by atoms with Crippen molar-refractivity contribution in [2.24, 2.45) is 11.8 Å². The lowest BCUT2D eigenvalue weighted by molar-refractivity contribution is 0.0000256. The van der Waals surface area contributed by atoms with Crippen molar-refractivity contribution in [1.29, 1.82) is 0 Å². The third kappa shape index (κ3) is 7.31. The highest BCUT2D eigenvalue weighted by molar-refractivity contribution is 7.92. The van der Waals surface area contributed by atoms with Crippen molar-refractivity contribution in [1.82, 2.24) is 9.80 Å². The van der Waals surface area contributed by atoms with Crippen LogP contribution in [-0.4, -0.2) is 96.1 Å². The van der Waals surface area contributed by atoms with Gasteiger partial charge in [-0.25, -0.2) is 8.42 Å². The smallest absolute Gasteiger partial charge is 0.257 e. The van der Waals surface area contributed by atoms with Crippen molar-refractivity contribution in [3.8, 4) is 5.75 Å². The first kappa shape index (κ1) is 26.7. The fraction of sp³-hybridized carbons (Fsp3) is 0.708. The molecule has 0 aromatic heterocycles. The zero-order valence-corrected chi connectivity index (χ0v) is 21.8. The van der Waals surface area contributed by atoms with Gasteiger partial charge in [0.2, 0.25) is 10.0 Å². The fourth-order valence-corrected chi connectivity index (χ4v) is 5.19. The maximum absolute atomic E-state index is 13.3. The Morgan fingerprint density at radius 1 is 1.18 bits per heavy atom. The number of likely N-dealkylation sites (N-methyl/N-ethyl adjacent to an activating group) is 1. The number of hydrogen-bond acceptors (Lipinski definition) is 7. The highest BCUT2D eigenvalue weighted by Gasteiger charge is 2.30. The summed E-state index contributed by atoms with van der Waals surface area (Å²) in [6.45, 7) is 8.49. The molecule has 0 spiro atoms. The number of carbonyl (C=O) groups excluding carboxylic acids is 1. The van der Waals surface area contributed by atoms with Crippen molar-refractivity contribution in [3.63, 3.8) is 0 Å². The second-order valence-electron chi connectivity index (χ2n) is 9.69. The van der Waals surface area contributed by atoms with Crippen molar-refractivity contribution in [3.05, 3.63) is 23.8 Å². The fourth-order valence-electron chi connectivity index (χ4n) is 4.64. The molecule has 3 rings (SSSR count). The third-order valence-corrected chi connectivity index (χ3v) is 7.32. The van der Waals surface area contributed by atoms with Crippen LogP contribution in [0.4, 0.5) is 5.69 Å². The topological polar surface area (TPSA) is 97.4 Å². The molecular formula is C24H39N3O6S. The van der Waals surface area contributed by atoms with E-state index in [2.05, 4.69) is 23.5 Å². The number of amides is 1. The van der Waals surface area contributed by atoms with Crippen molar-refractivity contribution in [2.45, 2.75) is 38.8 Å². The van der Waals surface area contributed by atoms with Crippen LogP contribution in [0.3, 0.4) is 0 Å². The maximum Gasteiger partial charge on any atom is 0.257 e. The minimum Gasteiger partial charge on any atom is -0.491 e. The van der Waals surface area contributed by atoms with Gasteiger partial charge in [0.05, 0.1) is 23.6 Å². The number of benzene rings is 1. The molecule has 0 aliphatic carbocycles. The van der Waals surface area contributed by atoms with Crippen LogP contribution < -0.4 is 9.46 Å². The quantitative estimate of drug-likeness (QED) is 0.667. The summed E-state index contributed by atoms with van der Waals surface area (Å²) in [5, 5.41) is 0. The molecule has 2 aliphatic rings. The summed E-state index contributed by atoms with van der Waals surface area (Å²) in [7, 11) is -0.0127. The lowest BCUT2D eigenvalue weighted by Gasteiger charge is -2.38. The first-order chi connectivity index (χ1) is 16.1.